The van der Waals surface area contributed by atoms with E-state index in [1.807, 2.05) is 40.8 Å². The minimum Gasteiger partial charge on any atom is -0.480 e. The molecule has 0 spiro atoms. The van der Waals surface area contributed by atoms with Gasteiger partial charge in [0.1, 0.15) is 11.6 Å². The van der Waals surface area contributed by atoms with Crippen LogP contribution in [-0.2, 0) is 18.3 Å². The molecule has 0 unspecified atom stereocenters. The number of ether oxygens (including phenoxy) is 1. The van der Waals surface area contributed by atoms with Gasteiger partial charge in [-0.3, -0.25) is 9.89 Å². The van der Waals surface area contributed by atoms with Crippen LogP contribution in [0.3, 0.4) is 0 Å². The number of nitrogens with zero attached hydrogens (tertiary/aromatic N) is 3. The molecule has 1 aromatic heterocycles. The van der Waals surface area contributed by atoms with Gasteiger partial charge in [-0.15, -0.1) is 0 Å². The zero-order valence-electron chi connectivity index (χ0n) is 13.6. The number of hydrogen-bond acceptors (Lipinski definition) is 4. The molecular weight excluding hydrogens is 324 g/mol. The lowest BCUT2D eigenvalue weighted by Gasteiger charge is -2.33. The third-order valence-electron chi connectivity index (χ3n) is 4.94. The number of H-pyrrole nitrogens is 1. The Bertz CT molecular complexity index is 803. The number of amides is 1. The van der Waals surface area contributed by atoms with E-state index >= 15 is 0 Å². The molecule has 1 fully saturated rings. The van der Waals surface area contributed by atoms with Crippen molar-refractivity contribution in [2.24, 2.45) is 7.05 Å². The van der Waals surface area contributed by atoms with Gasteiger partial charge < -0.3 is 14.2 Å². The number of aromatic nitrogens is 3. The number of nitrogens with one attached hydrogen (secondary N) is 1. The number of fused-ring (bicyclic) bond motifs is 1. The molecule has 6 nitrogen and oxygen atoms in total. The first-order valence-electron chi connectivity index (χ1n) is 8.28. The number of rotatable bonds is 2. The monoisotopic (exact) mass is 344 g/mol. The van der Waals surface area contributed by atoms with E-state index in [9.17, 15) is 4.79 Å². The van der Waals surface area contributed by atoms with Crippen LogP contribution < -0.4 is 4.74 Å². The van der Waals surface area contributed by atoms with Crippen molar-refractivity contribution < 1.29 is 9.53 Å². The Morgan fingerprint density at radius 1 is 1.42 bits per heavy atom. The van der Waals surface area contributed by atoms with Gasteiger partial charge in [-0.05, 0) is 36.7 Å². The molecule has 1 saturated heterocycles. The number of likely N-dealkylation sites (tertiary alicyclic amines) is 1. The van der Waals surface area contributed by atoms with Gasteiger partial charge in [0.25, 0.3) is 5.91 Å². The fourth-order valence-corrected chi connectivity index (χ4v) is 3.77. The van der Waals surface area contributed by atoms with Gasteiger partial charge >= 0.3 is 0 Å². The number of hydrogen-bond donors (Lipinski definition) is 1. The molecule has 0 bridgehead atoms. The van der Waals surface area contributed by atoms with Gasteiger partial charge in [0, 0.05) is 32.5 Å². The van der Waals surface area contributed by atoms with E-state index in [1.165, 1.54) is 0 Å². The lowest BCUT2D eigenvalue weighted by molar-refractivity contribution is -0.139. The maximum Gasteiger partial charge on any atom is 0.264 e. The normalized spacial score (nSPS) is 23.0. The highest BCUT2D eigenvalue weighted by molar-refractivity contribution is 7.71. The van der Waals surface area contributed by atoms with E-state index in [1.54, 1.807) is 0 Å². The minimum absolute atomic E-state index is 0.0766. The Morgan fingerprint density at radius 3 is 3.00 bits per heavy atom. The molecule has 2 atom stereocenters. The van der Waals surface area contributed by atoms with Gasteiger partial charge in [-0.2, -0.15) is 5.10 Å². The van der Waals surface area contributed by atoms with Crippen LogP contribution in [0.15, 0.2) is 24.3 Å². The highest BCUT2D eigenvalue weighted by atomic mass is 32.1. The first kappa shape index (κ1) is 15.4. The van der Waals surface area contributed by atoms with Crippen molar-refractivity contribution in [3.63, 3.8) is 0 Å². The van der Waals surface area contributed by atoms with Gasteiger partial charge in [-0.1, -0.05) is 18.2 Å². The van der Waals surface area contributed by atoms with Gasteiger partial charge in [0.2, 0.25) is 0 Å². The minimum atomic E-state index is -0.399. The third-order valence-corrected chi connectivity index (χ3v) is 5.30. The van der Waals surface area contributed by atoms with Gasteiger partial charge in [0.05, 0.1) is 0 Å². The summed E-state index contributed by atoms with van der Waals surface area (Å²) < 4.78 is 8.37. The molecule has 1 aromatic carbocycles. The van der Waals surface area contributed by atoms with Crippen molar-refractivity contribution in [3.05, 3.63) is 40.4 Å². The SMILES string of the molecule is Cn1c([C@H]2CCCN(C(=O)[C@H]3Cc4ccccc4O3)C2)n[nH]c1=S. The van der Waals surface area contributed by atoms with Crippen molar-refractivity contribution in [2.45, 2.75) is 31.3 Å². The number of carbonyl (C=O) groups excluding carboxylic acids is 1. The summed E-state index contributed by atoms with van der Waals surface area (Å²) in [5.74, 6) is 2.05. The summed E-state index contributed by atoms with van der Waals surface area (Å²) in [5.41, 5.74) is 1.11. The summed E-state index contributed by atoms with van der Waals surface area (Å²) in [6, 6.07) is 7.87. The van der Waals surface area contributed by atoms with E-state index in [2.05, 4.69) is 10.2 Å². The second-order valence-corrected chi connectivity index (χ2v) is 6.87. The molecule has 7 heteroatoms. The van der Waals surface area contributed by atoms with Crippen LogP contribution in [0.25, 0.3) is 0 Å². The third kappa shape index (κ3) is 2.62. The zero-order valence-corrected chi connectivity index (χ0v) is 14.4. The standard InChI is InChI=1S/C17H20N4O2S/c1-20-15(18-19-17(20)24)12-6-4-8-21(10-12)16(22)14-9-11-5-2-3-7-13(11)23-14/h2-3,5,7,12,14H,4,6,8-10H2,1H3,(H,19,24)/t12-,14+/m0/s1. The molecule has 1 N–H and O–H groups in total. The predicted molar refractivity (Wildman–Crippen MR) is 91.5 cm³/mol. The average Bonchev–Trinajstić information content (AvgIpc) is 3.18. The summed E-state index contributed by atoms with van der Waals surface area (Å²) in [6.45, 7) is 1.45. The topological polar surface area (TPSA) is 63.1 Å². The number of piperidine rings is 1. The number of benzene rings is 1. The Kier molecular flexibility index (Phi) is 3.88. The van der Waals surface area contributed by atoms with Crippen LogP contribution in [0, 0.1) is 4.77 Å². The predicted octanol–water partition coefficient (Wildman–Crippen LogP) is 2.19. The maximum absolute atomic E-state index is 12.9. The van der Waals surface area contributed by atoms with Gasteiger partial charge in [-0.25, -0.2) is 0 Å². The van der Waals surface area contributed by atoms with Crippen molar-refractivity contribution in [3.8, 4) is 5.75 Å². The molecule has 0 saturated carbocycles. The van der Waals surface area contributed by atoms with Crippen molar-refractivity contribution in [2.75, 3.05) is 13.1 Å². The van der Waals surface area contributed by atoms with Crippen LogP contribution in [0.1, 0.15) is 30.1 Å². The fraction of sp³-hybridized carbons (Fsp3) is 0.471. The fourth-order valence-electron chi connectivity index (χ4n) is 3.64. The second-order valence-electron chi connectivity index (χ2n) is 6.49. The highest BCUT2D eigenvalue weighted by Gasteiger charge is 2.35. The first-order chi connectivity index (χ1) is 11.6. The van der Waals surface area contributed by atoms with E-state index < -0.39 is 6.10 Å². The van der Waals surface area contributed by atoms with Crippen LogP contribution in [0.5, 0.6) is 5.75 Å². The maximum atomic E-state index is 12.9. The van der Waals surface area contributed by atoms with Crippen molar-refractivity contribution >= 4 is 18.1 Å². The first-order valence-corrected chi connectivity index (χ1v) is 8.69. The van der Waals surface area contributed by atoms with Crippen LogP contribution in [0.2, 0.25) is 0 Å². The molecule has 24 heavy (non-hydrogen) atoms. The van der Waals surface area contributed by atoms with Crippen molar-refractivity contribution in [1.29, 1.82) is 0 Å². The molecule has 3 heterocycles. The van der Waals surface area contributed by atoms with E-state index in [4.69, 9.17) is 17.0 Å². The molecule has 4 rings (SSSR count). The summed E-state index contributed by atoms with van der Waals surface area (Å²) in [4.78, 5) is 14.8. The summed E-state index contributed by atoms with van der Waals surface area (Å²) >= 11 is 5.20. The van der Waals surface area contributed by atoms with Gasteiger partial charge in [0.15, 0.2) is 10.9 Å². The average molecular weight is 344 g/mol. The van der Waals surface area contributed by atoms with E-state index in [0.717, 1.165) is 36.5 Å². The molecule has 1 amide bonds. The van der Waals surface area contributed by atoms with E-state index in [-0.39, 0.29) is 11.8 Å². The molecule has 2 aliphatic heterocycles. The Hall–Kier alpha value is -2.15. The summed E-state index contributed by atoms with van der Waals surface area (Å²) in [5, 5.41) is 7.17. The Labute approximate surface area is 145 Å². The molecule has 2 aromatic rings. The number of carbonyl (C=O) groups is 1. The highest BCUT2D eigenvalue weighted by Crippen LogP contribution is 2.31. The summed E-state index contributed by atoms with van der Waals surface area (Å²) in [7, 11) is 1.92. The smallest absolute Gasteiger partial charge is 0.264 e. The number of aromatic amines is 1. The number of para-hydroxylation sites is 1. The Balaban J connectivity index is 1.48. The summed E-state index contributed by atoms with van der Waals surface area (Å²) in [6.07, 6.45) is 2.24. The Morgan fingerprint density at radius 2 is 2.25 bits per heavy atom. The molecule has 0 radical (unpaired) electrons. The molecule has 126 valence electrons. The van der Waals surface area contributed by atoms with Crippen LogP contribution >= 0.6 is 12.2 Å². The zero-order chi connectivity index (χ0) is 16.7. The quantitative estimate of drug-likeness (QED) is 0.848. The molecule has 2 aliphatic rings. The van der Waals surface area contributed by atoms with Crippen LogP contribution in [0.4, 0.5) is 0 Å². The van der Waals surface area contributed by atoms with E-state index in [0.29, 0.717) is 17.7 Å². The van der Waals surface area contributed by atoms with Crippen LogP contribution in [-0.4, -0.2) is 44.8 Å². The molecule has 0 aliphatic carbocycles. The lowest BCUT2D eigenvalue weighted by Crippen LogP contribution is -2.46. The molecular formula is C17H20N4O2S. The second kappa shape index (κ2) is 6.05. The lowest BCUT2D eigenvalue weighted by atomic mass is 9.96. The largest absolute Gasteiger partial charge is 0.480 e. The van der Waals surface area contributed by atoms with Crippen molar-refractivity contribution in [1.82, 2.24) is 19.7 Å².